The van der Waals surface area contributed by atoms with Gasteiger partial charge in [-0.3, -0.25) is 4.79 Å². The number of piperidine rings is 1. The lowest BCUT2D eigenvalue weighted by Gasteiger charge is -2.41. The van der Waals surface area contributed by atoms with Gasteiger partial charge in [0.25, 0.3) is 0 Å². The van der Waals surface area contributed by atoms with Crippen LogP contribution >= 0.6 is 0 Å². The second-order valence-electron chi connectivity index (χ2n) is 5.64. The van der Waals surface area contributed by atoms with Crippen molar-refractivity contribution in [1.29, 1.82) is 0 Å². The fourth-order valence-corrected chi connectivity index (χ4v) is 2.97. The first-order valence-corrected chi connectivity index (χ1v) is 7.57. The lowest BCUT2D eigenvalue weighted by molar-refractivity contribution is -0.224. The summed E-state index contributed by atoms with van der Waals surface area (Å²) in [6.45, 7) is 1.27. The van der Waals surface area contributed by atoms with Crippen molar-refractivity contribution in [1.82, 2.24) is 4.90 Å². The van der Waals surface area contributed by atoms with Gasteiger partial charge in [-0.2, -0.15) is 0 Å². The minimum Gasteiger partial charge on any atom is -0.481 e. The summed E-state index contributed by atoms with van der Waals surface area (Å²) in [5, 5.41) is 9.43. The van der Waals surface area contributed by atoms with E-state index in [1.165, 1.54) is 4.90 Å². The fourth-order valence-electron chi connectivity index (χ4n) is 2.97. The second kappa shape index (κ2) is 6.55. The Hall–Kier alpha value is -2.12. The van der Waals surface area contributed by atoms with Gasteiger partial charge < -0.3 is 24.2 Å². The molecule has 124 valence electrons. The third-order valence-electron chi connectivity index (χ3n) is 4.20. The first-order valence-electron chi connectivity index (χ1n) is 7.57. The number of carbonyl (C=O) groups excluding carboxylic acids is 1. The topological polar surface area (TPSA) is 85.3 Å². The van der Waals surface area contributed by atoms with Crippen molar-refractivity contribution in [3.8, 4) is 0 Å². The molecule has 1 aromatic carbocycles. The summed E-state index contributed by atoms with van der Waals surface area (Å²) < 4.78 is 16.3. The van der Waals surface area contributed by atoms with Crippen LogP contribution in [0.2, 0.25) is 0 Å². The molecular weight excluding hydrogens is 302 g/mol. The molecule has 0 bridgehead atoms. The van der Waals surface area contributed by atoms with Crippen molar-refractivity contribution >= 4 is 12.1 Å². The molecule has 0 saturated carbocycles. The van der Waals surface area contributed by atoms with E-state index in [4.69, 9.17) is 14.2 Å². The number of likely N-dealkylation sites (tertiary alicyclic amines) is 1. The van der Waals surface area contributed by atoms with Crippen molar-refractivity contribution in [2.45, 2.75) is 18.8 Å². The average Bonchev–Trinajstić information content (AvgIpc) is 3.02. The number of hydrogen-bond donors (Lipinski definition) is 1. The summed E-state index contributed by atoms with van der Waals surface area (Å²) in [4.78, 5) is 25.1. The SMILES string of the molecule is O=C(O)C1CN(C(=O)OCc2ccccc2)CCC12OCCO2. The van der Waals surface area contributed by atoms with Crippen LogP contribution in [0.5, 0.6) is 0 Å². The fraction of sp³-hybridized carbons (Fsp3) is 0.500. The van der Waals surface area contributed by atoms with Crippen LogP contribution in [0.1, 0.15) is 12.0 Å². The molecule has 2 heterocycles. The lowest BCUT2D eigenvalue weighted by atomic mass is 9.91. The quantitative estimate of drug-likeness (QED) is 0.907. The summed E-state index contributed by atoms with van der Waals surface area (Å²) in [5.41, 5.74) is 0.881. The van der Waals surface area contributed by atoms with Crippen molar-refractivity contribution in [3.05, 3.63) is 35.9 Å². The number of carbonyl (C=O) groups is 2. The van der Waals surface area contributed by atoms with E-state index < -0.39 is 23.8 Å². The molecule has 0 aromatic heterocycles. The number of carboxylic acids is 1. The maximum Gasteiger partial charge on any atom is 0.410 e. The zero-order valence-electron chi connectivity index (χ0n) is 12.6. The van der Waals surface area contributed by atoms with Crippen LogP contribution in [0.25, 0.3) is 0 Å². The summed E-state index contributed by atoms with van der Waals surface area (Å²) in [5.74, 6) is -3.06. The Labute approximate surface area is 133 Å². The average molecular weight is 321 g/mol. The molecule has 0 aliphatic carbocycles. The van der Waals surface area contributed by atoms with Gasteiger partial charge in [-0.05, 0) is 5.56 Å². The number of hydrogen-bond acceptors (Lipinski definition) is 5. The molecule has 2 saturated heterocycles. The van der Waals surface area contributed by atoms with Crippen LogP contribution in [0.4, 0.5) is 4.79 Å². The Kier molecular flexibility index (Phi) is 4.49. The molecule has 0 radical (unpaired) electrons. The number of aliphatic carboxylic acids is 1. The number of amides is 1. The molecular formula is C16H19NO6. The molecule has 23 heavy (non-hydrogen) atoms. The predicted octanol–water partition coefficient (Wildman–Crippen LogP) is 1.47. The van der Waals surface area contributed by atoms with Crippen LogP contribution < -0.4 is 0 Å². The number of benzene rings is 1. The van der Waals surface area contributed by atoms with Gasteiger partial charge in [0.15, 0.2) is 5.79 Å². The first-order chi connectivity index (χ1) is 11.1. The standard InChI is InChI=1S/C16H19NO6/c18-14(19)13-10-17(7-6-16(13)22-8-9-23-16)15(20)21-11-12-4-2-1-3-5-12/h1-5,13H,6-11H2,(H,18,19). The van der Waals surface area contributed by atoms with E-state index in [1.54, 1.807) is 0 Å². The molecule has 2 aliphatic heterocycles. The molecule has 2 aliphatic rings. The van der Waals surface area contributed by atoms with Crippen LogP contribution in [0.3, 0.4) is 0 Å². The Morgan fingerprint density at radius 1 is 1.26 bits per heavy atom. The number of nitrogens with zero attached hydrogens (tertiary/aromatic N) is 1. The normalized spacial score (nSPS) is 23.0. The number of rotatable bonds is 3. The third-order valence-corrected chi connectivity index (χ3v) is 4.20. The van der Waals surface area contributed by atoms with E-state index in [-0.39, 0.29) is 13.2 Å². The maximum atomic E-state index is 12.2. The van der Waals surface area contributed by atoms with E-state index >= 15 is 0 Å². The molecule has 1 aromatic rings. The summed E-state index contributed by atoms with van der Waals surface area (Å²) >= 11 is 0. The Balaban J connectivity index is 1.60. The zero-order chi connectivity index (χ0) is 16.3. The molecule has 7 nitrogen and oxygen atoms in total. The summed E-state index contributed by atoms with van der Waals surface area (Å²) in [6, 6.07) is 9.33. The van der Waals surface area contributed by atoms with E-state index in [2.05, 4.69) is 0 Å². The van der Waals surface area contributed by atoms with Crippen LogP contribution in [-0.4, -0.2) is 54.2 Å². The van der Waals surface area contributed by atoms with Gasteiger partial charge in [0.05, 0.1) is 13.2 Å². The minimum absolute atomic E-state index is 0.0168. The highest BCUT2D eigenvalue weighted by atomic mass is 16.7. The largest absolute Gasteiger partial charge is 0.481 e. The van der Waals surface area contributed by atoms with E-state index in [0.29, 0.717) is 26.2 Å². The zero-order valence-corrected chi connectivity index (χ0v) is 12.6. The van der Waals surface area contributed by atoms with Gasteiger partial charge in [-0.15, -0.1) is 0 Å². The van der Waals surface area contributed by atoms with Crippen LogP contribution in [-0.2, 0) is 25.6 Å². The van der Waals surface area contributed by atoms with Crippen LogP contribution in [0.15, 0.2) is 30.3 Å². The molecule has 3 rings (SSSR count). The molecule has 7 heteroatoms. The molecule has 1 N–H and O–H groups in total. The maximum absolute atomic E-state index is 12.2. The van der Waals surface area contributed by atoms with E-state index in [1.807, 2.05) is 30.3 Å². The summed E-state index contributed by atoms with van der Waals surface area (Å²) in [6.07, 6.45) is -0.197. The second-order valence-corrected chi connectivity index (χ2v) is 5.64. The van der Waals surface area contributed by atoms with Gasteiger partial charge in [0, 0.05) is 19.5 Å². The third kappa shape index (κ3) is 3.30. The van der Waals surface area contributed by atoms with Gasteiger partial charge in [0.2, 0.25) is 0 Å². The lowest BCUT2D eigenvalue weighted by Crippen LogP contribution is -2.56. The van der Waals surface area contributed by atoms with E-state index in [9.17, 15) is 14.7 Å². The highest BCUT2D eigenvalue weighted by Gasteiger charge is 2.52. The highest BCUT2D eigenvalue weighted by molar-refractivity contribution is 5.74. The first kappa shape index (κ1) is 15.8. The van der Waals surface area contributed by atoms with Crippen molar-refractivity contribution in [2.75, 3.05) is 26.3 Å². The van der Waals surface area contributed by atoms with Gasteiger partial charge >= 0.3 is 12.1 Å². The Morgan fingerprint density at radius 3 is 2.61 bits per heavy atom. The highest BCUT2D eigenvalue weighted by Crippen LogP contribution is 2.36. The van der Waals surface area contributed by atoms with E-state index in [0.717, 1.165) is 5.56 Å². The molecule has 1 spiro atoms. The van der Waals surface area contributed by atoms with Crippen molar-refractivity contribution in [3.63, 3.8) is 0 Å². The van der Waals surface area contributed by atoms with Gasteiger partial charge in [-0.25, -0.2) is 4.79 Å². The van der Waals surface area contributed by atoms with Crippen molar-refractivity contribution < 1.29 is 28.9 Å². The minimum atomic E-state index is -1.11. The number of ether oxygens (including phenoxy) is 3. The monoisotopic (exact) mass is 321 g/mol. The molecule has 1 atom stereocenters. The van der Waals surface area contributed by atoms with Crippen molar-refractivity contribution in [2.24, 2.45) is 5.92 Å². The smallest absolute Gasteiger partial charge is 0.410 e. The Morgan fingerprint density at radius 2 is 1.96 bits per heavy atom. The van der Waals surface area contributed by atoms with Gasteiger partial charge in [-0.1, -0.05) is 30.3 Å². The number of carboxylic acid groups (broad SMARTS) is 1. The van der Waals surface area contributed by atoms with Gasteiger partial charge in [0.1, 0.15) is 12.5 Å². The molecule has 1 amide bonds. The molecule has 1 unspecified atom stereocenters. The molecule has 2 fully saturated rings. The Bertz CT molecular complexity index is 569. The predicted molar refractivity (Wildman–Crippen MR) is 78.6 cm³/mol. The summed E-state index contributed by atoms with van der Waals surface area (Å²) in [7, 11) is 0. The van der Waals surface area contributed by atoms with Crippen LogP contribution in [0, 0.1) is 5.92 Å².